The summed E-state index contributed by atoms with van der Waals surface area (Å²) in [6.07, 6.45) is 2.03. The molecule has 2 unspecified atom stereocenters. The Morgan fingerprint density at radius 1 is 1.50 bits per heavy atom. The molecule has 1 heterocycles. The zero-order valence-corrected chi connectivity index (χ0v) is 8.87. The molecule has 0 aliphatic carbocycles. The van der Waals surface area contributed by atoms with Gasteiger partial charge >= 0.3 is 0 Å². The molecule has 1 aliphatic heterocycles. The second kappa shape index (κ2) is 7.17. The van der Waals surface area contributed by atoms with Crippen molar-refractivity contribution in [2.45, 2.75) is 32.0 Å². The van der Waals surface area contributed by atoms with Gasteiger partial charge in [0.2, 0.25) is 0 Å². The number of nitrogens with one attached hydrogen (secondary N) is 1. The van der Waals surface area contributed by atoms with E-state index >= 15 is 0 Å². The highest BCUT2D eigenvalue weighted by Gasteiger charge is 2.14. The van der Waals surface area contributed by atoms with Crippen LogP contribution in [0.2, 0.25) is 0 Å². The molecule has 1 aliphatic rings. The molecule has 0 amide bonds. The molecule has 1 saturated heterocycles. The Bertz CT molecular complexity index is 137. The van der Waals surface area contributed by atoms with Crippen LogP contribution >= 0.6 is 0 Å². The van der Waals surface area contributed by atoms with E-state index in [2.05, 4.69) is 5.32 Å². The van der Waals surface area contributed by atoms with Crippen LogP contribution in [0, 0.1) is 0 Å². The van der Waals surface area contributed by atoms with E-state index in [1.54, 1.807) is 0 Å². The monoisotopic (exact) mass is 203 g/mol. The van der Waals surface area contributed by atoms with E-state index in [-0.39, 0.29) is 6.10 Å². The third kappa shape index (κ3) is 4.91. The maximum atomic E-state index is 9.44. The van der Waals surface area contributed by atoms with Crippen molar-refractivity contribution in [3.8, 4) is 0 Å². The fourth-order valence-electron chi connectivity index (χ4n) is 1.51. The molecule has 0 aromatic heterocycles. The minimum atomic E-state index is -0.489. The third-order valence-electron chi connectivity index (χ3n) is 2.29. The number of piperidine rings is 1. The highest BCUT2D eigenvalue weighted by Crippen LogP contribution is 2.06. The summed E-state index contributed by atoms with van der Waals surface area (Å²) in [6, 6.07) is 0. The van der Waals surface area contributed by atoms with Gasteiger partial charge in [0.25, 0.3) is 0 Å². The average molecular weight is 203 g/mol. The number of hydrogen-bond donors (Lipinski definition) is 2. The second-order valence-corrected chi connectivity index (χ2v) is 3.61. The maximum absolute atomic E-state index is 9.44. The van der Waals surface area contributed by atoms with Crippen LogP contribution in [0.5, 0.6) is 0 Å². The Kier molecular flexibility index (Phi) is 6.10. The van der Waals surface area contributed by atoms with Crippen LogP contribution in [0.4, 0.5) is 0 Å². The third-order valence-corrected chi connectivity index (χ3v) is 2.29. The van der Waals surface area contributed by atoms with Crippen molar-refractivity contribution >= 4 is 0 Å². The van der Waals surface area contributed by atoms with Crippen molar-refractivity contribution in [1.29, 1.82) is 0 Å². The summed E-state index contributed by atoms with van der Waals surface area (Å²) in [4.78, 5) is 0. The van der Waals surface area contributed by atoms with Gasteiger partial charge in [-0.3, -0.25) is 0 Å². The predicted molar refractivity (Wildman–Crippen MR) is 54.3 cm³/mol. The van der Waals surface area contributed by atoms with E-state index < -0.39 is 6.10 Å². The fraction of sp³-hybridized carbons (Fsp3) is 1.00. The van der Waals surface area contributed by atoms with Gasteiger partial charge in [-0.25, -0.2) is 0 Å². The van der Waals surface area contributed by atoms with Crippen molar-refractivity contribution in [2.75, 3.05) is 32.9 Å². The van der Waals surface area contributed by atoms with Gasteiger partial charge in [-0.05, 0) is 26.3 Å². The van der Waals surface area contributed by atoms with Crippen molar-refractivity contribution in [3.05, 3.63) is 0 Å². The molecule has 1 fully saturated rings. The molecule has 0 radical (unpaired) electrons. The van der Waals surface area contributed by atoms with Crippen molar-refractivity contribution in [3.63, 3.8) is 0 Å². The Labute approximate surface area is 85.6 Å². The minimum absolute atomic E-state index is 0.264. The smallest absolute Gasteiger partial charge is 0.101 e. The summed E-state index contributed by atoms with van der Waals surface area (Å²) in [7, 11) is 0. The van der Waals surface area contributed by atoms with E-state index in [0.29, 0.717) is 19.8 Å². The van der Waals surface area contributed by atoms with Crippen LogP contribution in [0.25, 0.3) is 0 Å². The lowest BCUT2D eigenvalue weighted by atomic mass is 10.1. The van der Waals surface area contributed by atoms with Gasteiger partial charge < -0.3 is 19.9 Å². The number of ether oxygens (including phenoxy) is 2. The molecule has 4 heteroatoms. The van der Waals surface area contributed by atoms with Crippen molar-refractivity contribution in [1.82, 2.24) is 5.32 Å². The van der Waals surface area contributed by atoms with Crippen molar-refractivity contribution in [2.24, 2.45) is 0 Å². The molecule has 1 rings (SSSR count). The largest absolute Gasteiger partial charge is 0.388 e. The summed E-state index contributed by atoms with van der Waals surface area (Å²) in [5.74, 6) is 0. The van der Waals surface area contributed by atoms with Gasteiger partial charge in [0.15, 0.2) is 0 Å². The van der Waals surface area contributed by atoms with Gasteiger partial charge in [0.1, 0.15) is 6.10 Å². The number of aliphatic hydroxyl groups is 1. The minimum Gasteiger partial charge on any atom is -0.388 e. The van der Waals surface area contributed by atoms with Gasteiger partial charge in [0, 0.05) is 13.2 Å². The first-order valence-corrected chi connectivity index (χ1v) is 5.41. The highest BCUT2D eigenvalue weighted by atomic mass is 16.5. The number of aliphatic hydroxyl groups excluding tert-OH is 1. The average Bonchev–Trinajstić information content (AvgIpc) is 2.25. The number of hydrogen-bond acceptors (Lipinski definition) is 4. The molecule has 0 spiro atoms. The summed E-state index contributed by atoms with van der Waals surface area (Å²) < 4.78 is 10.6. The molecule has 84 valence electrons. The van der Waals surface area contributed by atoms with Gasteiger partial charge in [-0.2, -0.15) is 0 Å². The van der Waals surface area contributed by atoms with Crippen LogP contribution in [-0.4, -0.2) is 50.2 Å². The molecule has 0 bridgehead atoms. The first-order valence-electron chi connectivity index (χ1n) is 5.41. The molecule has 14 heavy (non-hydrogen) atoms. The van der Waals surface area contributed by atoms with Crippen molar-refractivity contribution < 1.29 is 14.6 Å². The van der Waals surface area contributed by atoms with Crippen LogP contribution in [-0.2, 0) is 9.47 Å². The molecule has 0 saturated carbocycles. The first-order chi connectivity index (χ1) is 6.83. The fourth-order valence-corrected chi connectivity index (χ4v) is 1.51. The van der Waals surface area contributed by atoms with Crippen LogP contribution < -0.4 is 5.32 Å². The van der Waals surface area contributed by atoms with E-state index in [9.17, 15) is 5.11 Å². The zero-order chi connectivity index (χ0) is 10.2. The van der Waals surface area contributed by atoms with E-state index in [4.69, 9.17) is 9.47 Å². The molecule has 0 aromatic carbocycles. The lowest BCUT2D eigenvalue weighted by Gasteiger charge is -2.24. The van der Waals surface area contributed by atoms with Gasteiger partial charge in [-0.15, -0.1) is 0 Å². The van der Waals surface area contributed by atoms with E-state index in [0.717, 1.165) is 25.9 Å². The zero-order valence-electron chi connectivity index (χ0n) is 8.87. The Balaban J connectivity index is 2.00. The molecular formula is C10H21NO3. The summed E-state index contributed by atoms with van der Waals surface area (Å²) >= 11 is 0. The van der Waals surface area contributed by atoms with E-state index in [1.807, 2.05) is 6.92 Å². The van der Waals surface area contributed by atoms with E-state index in [1.165, 1.54) is 0 Å². The second-order valence-electron chi connectivity index (χ2n) is 3.61. The van der Waals surface area contributed by atoms with Gasteiger partial charge in [-0.1, -0.05) is 0 Å². The van der Waals surface area contributed by atoms with Crippen LogP contribution in [0.15, 0.2) is 0 Å². The normalized spacial score (nSPS) is 24.9. The summed E-state index contributed by atoms with van der Waals surface area (Å²) in [5, 5.41) is 12.7. The lowest BCUT2D eigenvalue weighted by Crippen LogP contribution is -2.37. The lowest BCUT2D eigenvalue weighted by molar-refractivity contribution is -0.0475. The summed E-state index contributed by atoms with van der Waals surface area (Å²) in [5.41, 5.74) is 0. The van der Waals surface area contributed by atoms with Gasteiger partial charge in [0.05, 0.1) is 19.3 Å². The Morgan fingerprint density at radius 3 is 3.00 bits per heavy atom. The molecule has 2 atom stereocenters. The molecular weight excluding hydrogens is 182 g/mol. The van der Waals surface area contributed by atoms with Crippen LogP contribution in [0.1, 0.15) is 19.8 Å². The predicted octanol–water partition coefficient (Wildman–Crippen LogP) is 0.152. The molecule has 2 N–H and O–H groups in total. The molecule has 0 aromatic rings. The molecule has 4 nitrogen and oxygen atoms in total. The first kappa shape index (κ1) is 11.9. The standard InChI is InChI=1S/C10H21NO3/c1-2-13-7-9(12)8-14-10-4-3-5-11-6-10/h9-12H,2-8H2,1H3. The Hall–Kier alpha value is -0.160. The topological polar surface area (TPSA) is 50.7 Å². The van der Waals surface area contributed by atoms with Crippen LogP contribution in [0.3, 0.4) is 0 Å². The number of rotatable bonds is 6. The summed E-state index contributed by atoms with van der Waals surface area (Å²) in [6.45, 7) is 5.30. The Morgan fingerprint density at radius 2 is 2.36 bits per heavy atom. The highest BCUT2D eigenvalue weighted by molar-refractivity contribution is 4.69. The maximum Gasteiger partial charge on any atom is 0.101 e. The SMILES string of the molecule is CCOCC(O)COC1CCCNC1. The quantitative estimate of drug-likeness (QED) is 0.645.